The fourth-order valence-electron chi connectivity index (χ4n) is 6.00. The molecule has 3 fully saturated rings. The van der Waals surface area contributed by atoms with Gasteiger partial charge in [-0.2, -0.15) is 5.10 Å². The van der Waals surface area contributed by atoms with E-state index in [2.05, 4.69) is 27.5 Å². The number of likely N-dealkylation sites (tertiary alicyclic amines) is 1. The second-order valence-corrected chi connectivity index (χ2v) is 9.95. The first-order valence-corrected chi connectivity index (χ1v) is 12.2. The predicted octanol–water partition coefficient (Wildman–Crippen LogP) is 2.57. The van der Waals surface area contributed by atoms with Gasteiger partial charge in [-0.05, 0) is 55.6 Å². The number of aromatic nitrogens is 3. The van der Waals surface area contributed by atoms with Crippen LogP contribution in [-0.4, -0.2) is 60.7 Å². The number of carbonyl (C=O) groups excluding carboxylic acids is 2. The van der Waals surface area contributed by atoms with Gasteiger partial charge >= 0.3 is 5.97 Å². The van der Waals surface area contributed by atoms with Gasteiger partial charge in [0.15, 0.2) is 5.69 Å². The number of pyridine rings is 1. The molecule has 9 nitrogen and oxygen atoms in total. The standard InChI is InChI=1S/C26H27N5O4/c32-23(14-30-22-13-27-9-8-19(22)24(29-30)26(34)35)31-20-11-17(20)12-21(31)25(33)28-18-7-6-16(10-18)15-4-2-1-3-5-15/h1-5,8-9,13,16-18,20-21H,6-7,10-12,14H2,(H,28,33)(H,34,35)/t16?,17-,18?,20-,21+/m1/s1. The maximum Gasteiger partial charge on any atom is 0.357 e. The fraction of sp³-hybridized carbons (Fsp3) is 0.423. The number of hydrogen-bond acceptors (Lipinski definition) is 5. The minimum atomic E-state index is -1.15. The van der Waals surface area contributed by atoms with E-state index in [0.717, 1.165) is 25.7 Å². The van der Waals surface area contributed by atoms with E-state index in [1.807, 2.05) is 18.2 Å². The van der Waals surface area contributed by atoms with Crippen molar-refractivity contribution in [2.75, 3.05) is 0 Å². The van der Waals surface area contributed by atoms with Crippen LogP contribution in [0.5, 0.6) is 0 Å². The number of fused-ring (bicyclic) bond motifs is 2. The van der Waals surface area contributed by atoms with Gasteiger partial charge in [0, 0.05) is 23.7 Å². The topological polar surface area (TPSA) is 117 Å². The molecule has 5 atom stereocenters. The first kappa shape index (κ1) is 21.8. The molecule has 2 aliphatic carbocycles. The monoisotopic (exact) mass is 473 g/mol. The third-order valence-electron chi connectivity index (χ3n) is 7.79. The van der Waals surface area contributed by atoms with Gasteiger partial charge in [-0.3, -0.25) is 19.3 Å². The molecule has 3 aromatic rings. The zero-order chi connectivity index (χ0) is 24.1. The Balaban J connectivity index is 1.15. The summed E-state index contributed by atoms with van der Waals surface area (Å²) in [5.74, 6) is -0.642. The SMILES string of the molecule is O=C(O)c1nn(CC(=O)N2[C@@H]3C[C@@H]3C[C@H]2C(=O)NC2CCC(c3ccccc3)C2)c2cnccc12. The number of carboxylic acids is 1. The minimum absolute atomic E-state index is 0.0810. The smallest absolute Gasteiger partial charge is 0.357 e. The van der Waals surface area contributed by atoms with Crippen LogP contribution in [0.15, 0.2) is 48.8 Å². The molecule has 0 spiro atoms. The highest BCUT2D eigenvalue weighted by Gasteiger charge is 2.56. The van der Waals surface area contributed by atoms with Crippen molar-refractivity contribution in [3.63, 3.8) is 0 Å². The highest BCUT2D eigenvalue weighted by atomic mass is 16.4. The average Bonchev–Trinajstić information content (AvgIpc) is 3.20. The molecule has 2 unspecified atom stereocenters. The quantitative estimate of drug-likeness (QED) is 0.568. The molecule has 1 saturated heterocycles. The summed E-state index contributed by atoms with van der Waals surface area (Å²) in [5, 5.41) is 17.3. The number of carboxylic acid groups (broad SMARTS) is 1. The van der Waals surface area contributed by atoms with Gasteiger partial charge in [0.2, 0.25) is 11.8 Å². The van der Waals surface area contributed by atoms with Crippen LogP contribution < -0.4 is 5.32 Å². The number of hydrogen-bond donors (Lipinski definition) is 2. The van der Waals surface area contributed by atoms with Gasteiger partial charge in [-0.15, -0.1) is 0 Å². The van der Waals surface area contributed by atoms with E-state index in [1.54, 1.807) is 11.0 Å². The highest BCUT2D eigenvalue weighted by molar-refractivity contribution is 6.01. The first-order valence-electron chi connectivity index (χ1n) is 12.2. The van der Waals surface area contributed by atoms with Crippen LogP contribution in [0.2, 0.25) is 0 Å². The Morgan fingerprint density at radius 3 is 2.69 bits per heavy atom. The van der Waals surface area contributed by atoms with Gasteiger partial charge < -0.3 is 15.3 Å². The highest BCUT2D eigenvalue weighted by Crippen LogP contribution is 2.48. The molecule has 1 aliphatic heterocycles. The van der Waals surface area contributed by atoms with Crippen molar-refractivity contribution in [1.29, 1.82) is 0 Å². The number of amides is 2. The summed E-state index contributed by atoms with van der Waals surface area (Å²) in [6.45, 7) is -0.123. The van der Waals surface area contributed by atoms with Gasteiger partial charge in [-0.25, -0.2) is 4.79 Å². The molecule has 9 heteroatoms. The van der Waals surface area contributed by atoms with Crippen molar-refractivity contribution in [3.8, 4) is 0 Å². The number of benzene rings is 1. The zero-order valence-corrected chi connectivity index (χ0v) is 19.2. The second-order valence-electron chi connectivity index (χ2n) is 9.95. The van der Waals surface area contributed by atoms with Crippen LogP contribution in [-0.2, 0) is 16.1 Å². The summed E-state index contributed by atoms with van der Waals surface area (Å²) in [6, 6.07) is 11.7. The second kappa shape index (κ2) is 8.48. The summed E-state index contributed by atoms with van der Waals surface area (Å²) < 4.78 is 1.39. The summed E-state index contributed by atoms with van der Waals surface area (Å²) in [4.78, 5) is 44.0. The Kier molecular flexibility index (Phi) is 5.27. The summed E-state index contributed by atoms with van der Waals surface area (Å²) in [7, 11) is 0. The first-order chi connectivity index (χ1) is 17.0. The lowest BCUT2D eigenvalue weighted by Crippen LogP contribution is -2.50. The average molecular weight is 474 g/mol. The van der Waals surface area contributed by atoms with E-state index in [-0.39, 0.29) is 36.1 Å². The van der Waals surface area contributed by atoms with Crippen LogP contribution in [0, 0.1) is 5.92 Å². The van der Waals surface area contributed by atoms with Gasteiger partial charge in [-0.1, -0.05) is 30.3 Å². The van der Waals surface area contributed by atoms with Crippen molar-refractivity contribution < 1.29 is 19.5 Å². The molecular formula is C26H27N5O4. The molecule has 3 aliphatic rings. The van der Waals surface area contributed by atoms with Gasteiger partial charge in [0.25, 0.3) is 0 Å². The number of carbonyl (C=O) groups is 3. The van der Waals surface area contributed by atoms with Crippen molar-refractivity contribution in [2.24, 2.45) is 5.92 Å². The number of rotatable bonds is 6. The van der Waals surface area contributed by atoms with Crippen LogP contribution in [0.1, 0.15) is 54.1 Å². The molecule has 2 saturated carbocycles. The number of piperidine rings is 1. The molecule has 2 amide bonds. The lowest BCUT2D eigenvalue weighted by atomic mass is 9.97. The summed E-state index contributed by atoms with van der Waals surface area (Å²) >= 11 is 0. The maximum atomic E-state index is 13.4. The molecule has 6 rings (SSSR count). The van der Waals surface area contributed by atoms with Crippen molar-refractivity contribution in [3.05, 3.63) is 60.0 Å². The van der Waals surface area contributed by atoms with Crippen molar-refractivity contribution in [2.45, 2.75) is 62.7 Å². The lowest BCUT2D eigenvalue weighted by molar-refractivity contribution is -0.140. The largest absolute Gasteiger partial charge is 0.476 e. The molecule has 0 radical (unpaired) electrons. The number of nitrogens with zero attached hydrogens (tertiary/aromatic N) is 4. The third-order valence-corrected chi connectivity index (χ3v) is 7.79. The Hall–Kier alpha value is -3.75. The van der Waals surface area contributed by atoms with E-state index in [1.165, 1.54) is 22.6 Å². The van der Waals surface area contributed by atoms with Gasteiger partial charge in [0.05, 0.1) is 11.7 Å². The zero-order valence-electron chi connectivity index (χ0n) is 19.2. The molecule has 35 heavy (non-hydrogen) atoms. The third kappa shape index (κ3) is 3.94. The van der Waals surface area contributed by atoms with Crippen LogP contribution in [0.25, 0.3) is 10.9 Å². The summed E-state index contributed by atoms with van der Waals surface area (Å²) in [6.07, 6.45) is 7.50. The Morgan fingerprint density at radius 2 is 1.89 bits per heavy atom. The van der Waals surface area contributed by atoms with Crippen molar-refractivity contribution >= 4 is 28.7 Å². The van der Waals surface area contributed by atoms with Gasteiger partial charge in [0.1, 0.15) is 12.6 Å². The molecule has 1 aromatic carbocycles. The predicted molar refractivity (Wildman–Crippen MR) is 127 cm³/mol. The minimum Gasteiger partial charge on any atom is -0.476 e. The van der Waals surface area contributed by atoms with E-state index < -0.39 is 12.0 Å². The molecule has 180 valence electrons. The molecule has 2 N–H and O–H groups in total. The maximum absolute atomic E-state index is 13.4. The Bertz CT molecular complexity index is 1310. The molecule has 3 heterocycles. The van der Waals surface area contributed by atoms with Crippen molar-refractivity contribution in [1.82, 2.24) is 25.0 Å². The fourth-order valence-corrected chi connectivity index (χ4v) is 6.00. The number of aromatic carboxylic acids is 1. The Morgan fingerprint density at radius 1 is 1.06 bits per heavy atom. The normalized spacial score (nSPS) is 27.1. The number of nitrogens with one attached hydrogen (secondary N) is 1. The Labute approximate surface area is 202 Å². The summed E-state index contributed by atoms with van der Waals surface area (Å²) in [5.41, 5.74) is 1.69. The molecule has 2 aromatic heterocycles. The molecular weight excluding hydrogens is 446 g/mol. The van der Waals surface area contributed by atoms with E-state index in [9.17, 15) is 19.5 Å². The van der Waals surface area contributed by atoms with Crippen LogP contribution in [0.4, 0.5) is 0 Å². The van der Waals surface area contributed by atoms with E-state index >= 15 is 0 Å². The lowest BCUT2D eigenvalue weighted by Gasteiger charge is -2.28. The van der Waals surface area contributed by atoms with E-state index in [0.29, 0.717) is 29.2 Å². The van der Waals surface area contributed by atoms with E-state index in [4.69, 9.17) is 0 Å². The van der Waals surface area contributed by atoms with Crippen LogP contribution in [0.3, 0.4) is 0 Å². The molecule has 0 bridgehead atoms. The van der Waals surface area contributed by atoms with Crippen LogP contribution >= 0.6 is 0 Å².